The van der Waals surface area contributed by atoms with Crippen LogP contribution in [0.25, 0.3) is 0 Å². The van der Waals surface area contributed by atoms with Gasteiger partial charge in [-0.3, -0.25) is 37.3 Å². The lowest BCUT2D eigenvalue weighted by atomic mass is 10.1. The Balaban J connectivity index is 5.43. The van der Waals surface area contributed by atoms with Crippen molar-refractivity contribution in [3.8, 4) is 0 Å². The highest BCUT2D eigenvalue weighted by atomic mass is 31.2. The first-order valence-corrected chi connectivity index (χ1v) is 43.4. The fourth-order valence-electron chi connectivity index (χ4n) is 10.2. The third-order valence-electron chi connectivity index (χ3n) is 16.2. The van der Waals surface area contributed by atoms with Gasteiger partial charge in [0.15, 0.2) is 12.2 Å². The Morgan fingerprint density at radius 2 is 0.462 bits per heavy atom. The van der Waals surface area contributed by atoms with Crippen LogP contribution < -0.4 is 0 Å². The van der Waals surface area contributed by atoms with Gasteiger partial charge in [-0.15, -0.1) is 0 Å². The van der Waals surface area contributed by atoms with Gasteiger partial charge in [0.05, 0.1) is 26.4 Å². The number of ether oxygens (including phenoxy) is 4. The highest BCUT2D eigenvalue weighted by molar-refractivity contribution is 7.47. The number of rotatable bonds is 74. The lowest BCUT2D eigenvalue weighted by Gasteiger charge is -2.21. The monoisotopic (exact) mass is 1520 g/mol. The Labute approximate surface area is 642 Å². The van der Waals surface area contributed by atoms with Crippen LogP contribution in [0.15, 0.2) is 170 Å². The Bertz CT molecular complexity index is 2680. The summed E-state index contributed by atoms with van der Waals surface area (Å²) in [6.45, 7) is 4.33. The van der Waals surface area contributed by atoms with E-state index in [1.807, 2.05) is 0 Å². The van der Waals surface area contributed by atoms with Gasteiger partial charge >= 0.3 is 39.5 Å². The molecule has 0 saturated carbocycles. The first-order valence-electron chi connectivity index (χ1n) is 40.4. The van der Waals surface area contributed by atoms with E-state index < -0.39 is 97.5 Å². The summed E-state index contributed by atoms with van der Waals surface area (Å²) in [7, 11) is -10.00. The molecule has 0 fully saturated rings. The number of carbonyl (C=O) groups excluding carboxylic acids is 4. The summed E-state index contributed by atoms with van der Waals surface area (Å²) in [5.74, 6) is -2.28. The average Bonchev–Trinajstić information content (AvgIpc) is 0.909. The maximum absolute atomic E-state index is 13.1. The second kappa shape index (κ2) is 77.6. The van der Waals surface area contributed by atoms with E-state index in [4.69, 9.17) is 37.0 Å². The summed E-state index contributed by atoms with van der Waals surface area (Å²) in [6.07, 6.45) is 91.9. The molecule has 0 rings (SSSR count). The van der Waals surface area contributed by atoms with Crippen LogP contribution in [0.1, 0.15) is 297 Å². The molecular formula is C87H142O17P2. The molecule has 0 amide bonds. The van der Waals surface area contributed by atoms with Crippen molar-refractivity contribution in [1.82, 2.24) is 0 Å². The van der Waals surface area contributed by atoms with Crippen molar-refractivity contribution in [2.45, 2.75) is 316 Å². The number of unbranched alkanes of at least 4 members (excludes halogenated alkanes) is 20. The minimum Gasteiger partial charge on any atom is -0.462 e. The number of phosphoric ester groups is 2. The average molecular weight is 1520 g/mol. The fraction of sp³-hybridized carbons (Fsp3) is 0.632. The van der Waals surface area contributed by atoms with Crippen LogP contribution >= 0.6 is 15.6 Å². The third kappa shape index (κ3) is 76.6. The molecule has 0 aromatic carbocycles. The summed E-state index contributed by atoms with van der Waals surface area (Å²) in [5, 5.41) is 10.7. The summed E-state index contributed by atoms with van der Waals surface area (Å²) >= 11 is 0. The highest BCUT2D eigenvalue weighted by Crippen LogP contribution is 2.45. The minimum atomic E-state index is -5.00. The number of allylic oxidation sites excluding steroid dienone is 28. The lowest BCUT2D eigenvalue weighted by Crippen LogP contribution is -2.30. The summed E-state index contributed by atoms with van der Waals surface area (Å²) < 4.78 is 68.6. The molecule has 0 bridgehead atoms. The standard InChI is InChI=1S/C87H142O17P2/c1-5-9-13-17-21-25-29-33-37-39-40-42-46-48-52-56-60-64-68-72-85(90)98-78-83(104-87(92)74-70-66-62-58-54-50-44-36-32-28-24-20-16-12-8-4)80-102-106(95,96)100-76-81(88)75-99-105(93,94)101-79-82(103-86(91)73-69-65-61-57-53-49-43-35-31-27-23-19-15-11-7-3)77-97-84(89)71-67-63-59-55-51-47-45-41-38-34-30-26-22-18-14-10-6-2/h9-16,21-28,33-38,40,42-44,54,58,81-83,88H,5-8,17-20,29-32,39,41,45-53,55-57,59-80H2,1-4H3,(H,93,94)(H,95,96)/b13-9-,14-10-,15-11-,16-12-,25-21-,26-22-,27-23-,28-24-,37-33-,38-34-,42-40-,43-35-,44-36-,58-54-. The highest BCUT2D eigenvalue weighted by Gasteiger charge is 2.30. The molecule has 0 aromatic heterocycles. The van der Waals surface area contributed by atoms with Crippen LogP contribution in [-0.2, 0) is 65.4 Å². The topological polar surface area (TPSA) is 237 Å². The predicted molar refractivity (Wildman–Crippen MR) is 436 cm³/mol. The quantitative estimate of drug-likeness (QED) is 0.0169. The maximum Gasteiger partial charge on any atom is 0.472 e. The van der Waals surface area contributed by atoms with Crippen molar-refractivity contribution in [1.29, 1.82) is 0 Å². The molecule has 0 aliphatic carbocycles. The molecule has 5 unspecified atom stereocenters. The molecule has 3 N–H and O–H groups in total. The Kier molecular flexibility index (Phi) is 73.5. The molecule has 106 heavy (non-hydrogen) atoms. The van der Waals surface area contributed by atoms with E-state index in [1.54, 1.807) is 0 Å². The first kappa shape index (κ1) is 100. The van der Waals surface area contributed by atoms with Crippen LogP contribution in [0.2, 0.25) is 0 Å². The normalized spacial score (nSPS) is 14.7. The van der Waals surface area contributed by atoms with Gasteiger partial charge in [-0.05, 0) is 167 Å². The Hall–Kier alpha value is -5.58. The van der Waals surface area contributed by atoms with E-state index in [9.17, 15) is 43.2 Å². The molecule has 0 aromatic rings. The summed E-state index contributed by atoms with van der Waals surface area (Å²) in [4.78, 5) is 73.1. The van der Waals surface area contributed by atoms with Gasteiger partial charge in [0.25, 0.3) is 0 Å². The zero-order valence-electron chi connectivity index (χ0n) is 65.8. The summed E-state index contributed by atoms with van der Waals surface area (Å²) in [6, 6.07) is 0. The van der Waals surface area contributed by atoms with E-state index in [-0.39, 0.29) is 25.7 Å². The smallest absolute Gasteiger partial charge is 0.462 e. The number of carbonyl (C=O) groups is 4. The van der Waals surface area contributed by atoms with E-state index in [0.29, 0.717) is 32.1 Å². The number of aliphatic hydroxyl groups excluding tert-OH is 1. The number of aliphatic hydroxyl groups is 1. The molecule has 602 valence electrons. The molecular weight excluding hydrogens is 1380 g/mol. The zero-order chi connectivity index (χ0) is 77.4. The third-order valence-corrected chi connectivity index (χ3v) is 18.1. The minimum absolute atomic E-state index is 0.0331. The second-order valence-corrected chi connectivity index (χ2v) is 29.1. The van der Waals surface area contributed by atoms with Crippen molar-refractivity contribution in [2.75, 3.05) is 39.6 Å². The van der Waals surface area contributed by atoms with Crippen molar-refractivity contribution in [3.05, 3.63) is 170 Å². The number of esters is 4. The fourth-order valence-corrected chi connectivity index (χ4v) is 11.8. The lowest BCUT2D eigenvalue weighted by molar-refractivity contribution is -0.161. The molecule has 0 spiro atoms. The predicted octanol–water partition coefficient (Wildman–Crippen LogP) is 23.8. The molecule has 0 radical (unpaired) electrons. The Morgan fingerprint density at radius 3 is 0.726 bits per heavy atom. The van der Waals surface area contributed by atoms with Crippen molar-refractivity contribution < 1.29 is 80.2 Å². The molecule has 0 aliphatic heterocycles. The maximum atomic E-state index is 13.1. The van der Waals surface area contributed by atoms with Gasteiger partial charge in [-0.1, -0.05) is 275 Å². The molecule has 0 heterocycles. The van der Waals surface area contributed by atoms with E-state index >= 15 is 0 Å². The number of hydrogen-bond acceptors (Lipinski definition) is 15. The summed E-state index contributed by atoms with van der Waals surface area (Å²) in [5.41, 5.74) is 0. The van der Waals surface area contributed by atoms with Gasteiger partial charge in [-0.2, -0.15) is 0 Å². The van der Waals surface area contributed by atoms with Gasteiger partial charge < -0.3 is 33.8 Å². The zero-order valence-corrected chi connectivity index (χ0v) is 67.6. The van der Waals surface area contributed by atoms with Crippen molar-refractivity contribution in [3.63, 3.8) is 0 Å². The molecule has 0 aliphatic rings. The van der Waals surface area contributed by atoms with Crippen LogP contribution in [0.5, 0.6) is 0 Å². The van der Waals surface area contributed by atoms with Gasteiger partial charge in [-0.25, -0.2) is 9.13 Å². The largest absolute Gasteiger partial charge is 0.472 e. The van der Waals surface area contributed by atoms with Crippen LogP contribution in [0.4, 0.5) is 0 Å². The Morgan fingerprint density at radius 1 is 0.264 bits per heavy atom. The van der Waals surface area contributed by atoms with Gasteiger partial charge in [0.2, 0.25) is 0 Å². The number of hydrogen-bond donors (Lipinski definition) is 3. The molecule has 0 saturated heterocycles. The number of phosphoric acid groups is 2. The van der Waals surface area contributed by atoms with E-state index in [1.165, 1.54) is 0 Å². The van der Waals surface area contributed by atoms with Crippen molar-refractivity contribution in [2.24, 2.45) is 0 Å². The van der Waals surface area contributed by atoms with Gasteiger partial charge in [0, 0.05) is 25.7 Å². The van der Waals surface area contributed by atoms with E-state index in [2.05, 4.69) is 198 Å². The first-order chi connectivity index (χ1) is 51.7. The SMILES string of the molecule is CC/C=C\C/C=C\C/C=C\C/C=C\CCCCCCCCC(=O)OCC(COP(=O)(O)OCC(O)COP(=O)(O)OCC(COC(=O)CCCCCCCCC/C=C\C/C=C\C/C=C\CC)OC(=O)CCCCCCC/C=C\C/C=C\C/C=C\CC)OC(=O)CCCC/C=C\C/C=C\C/C=C\C/C=C\CC. The van der Waals surface area contributed by atoms with Crippen LogP contribution in [0.3, 0.4) is 0 Å². The molecule has 19 heteroatoms. The second-order valence-electron chi connectivity index (χ2n) is 26.2. The van der Waals surface area contributed by atoms with Crippen LogP contribution in [-0.4, -0.2) is 96.7 Å². The van der Waals surface area contributed by atoms with Crippen LogP contribution in [0, 0.1) is 0 Å². The van der Waals surface area contributed by atoms with Gasteiger partial charge in [0.1, 0.15) is 19.3 Å². The molecule has 5 atom stereocenters. The van der Waals surface area contributed by atoms with E-state index in [0.717, 1.165) is 212 Å². The molecule has 17 nitrogen and oxygen atoms in total. The van der Waals surface area contributed by atoms with Crippen molar-refractivity contribution >= 4 is 39.5 Å².